The highest BCUT2D eigenvalue weighted by Crippen LogP contribution is 2.42. The van der Waals surface area contributed by atoms with Crippen LogP contribution in [0.15, 0.2) is 78.9 Å². The number of nitrogens with zero attached hydrogens (tertiary/aromatic N) is 2. The number of benzene rings is 3. The van der Waals surface area contributed by atoms with Gasteiger partial charge in [-0.2, -0.15) is 0 Å². The predicted molar refractivity (Wildman–Crippen MR) is 164 cm³/mol. The quantitative estimate of drug-likeness (QED) is 0.250. The van der Waals surface area contributed by atoms with Crippen LogP contribution in [0.5, 0.6) is 11.5 Å². The summed E-state index contributed by atoms with van der Waals surface area (Å²) in [7, 11) is 1.64. The van der Waals surface area contributed by atoms with Gasteiger partial charge >= 0.3 is 0 Å². The van der Waals surface area contributed by atoms with Crippen LogP contribution in [0.1, 0.15) is 67.1 Å². The number of rotatable bonds is 8. The van der Waals surface area contributed by atoms with E-state index >= 15 is 0 Å². The van der Waals surface area contributed by atoms with Crippen molar-refractivity contribution in [1.82, 2.24) is 14.8 Å². The van der Waals surface area contributed by atoms with Crippen LogP contribution in [0, 0.1) is 0 Å². The minimum absolute atomic E-state index is 0.0798. The maximum absolute atomic E-state index is 14.9. The molecule has 1 aliphatic carbocycles. The average molecular weight is 566 g/mol. The van der Waals surface area contributed by atoms with Crippen molar-refractivity contribution < 1.29 is 19.1 Å². The highest BCUT2D eigenvalue weighted by atomic mass is 16.5. The summed E-state index contributed by atoms with van der Waals surface area (Å²) in [6, 6.07) is 25.4. The molecule has 1 aromatic heterocycles. The van der Waals surface area contributed by atoms with Gasteiger partial charge in [0.25, 0.3) is 11.8 Å². The highest BCUT2D eigenvalue weighted by molar-refractivity contribution is 6.04. The van der Waals surface area contributed by atoms with Crippen molar-refractivity contribution in [1.29, 1.82) is 0 Å². The molecule has 0 saturated heterocycles. The first-order valence-corrected chi connectivity index (χ1v) is 15.1. The lowest BCUT2D eigenvalue weighted by atomic mass is 9.83. The van der Waals surface area contributed by atoms with Gasteiger partial charge in [0.2, 0.25) is 0 Å². The van der Waals surface area contributed by atoms with Crippen molar-refractivity contribution >= 4 is 22.7 Å². The van der Waals surface area contributed by atoms with E-state index in [0.717, 1.165) is 53.5 Å². The highest BCUT2D eigenvalue weighted by Gasteiger charge is 2.53. The van der Waals surface area contributed by atoms with Crippen LogP contribution in [-0.4, -0.2) is 41.0 Å². The minimum atomic E-state index is -1.29. The molecule has 1 N–H and O–H groups in total. The van der Waals surface area contributed by atoms with E-state index in [9.17, 15) is 9.59 Å². The van der Waals surface area contributed by atoms with Crippen LogP contribution < -0.4 is 14.8 Å². The Balaban J connectivity index is 1.55. The molecule has 2 amide bonds. The molecule has 0 unspecified atom stereocenters. The number of para-hydroxylation sites is 1. The molecule has 3 aromatic carbocycles. The lowest BCUT2D eigenvalue weighted by Crippen LogP contribution is -2.64. The molecule has 0 bridgehead atoms. The van der Waals surface area contributed by atoms with E-state index in [1.807, 2.05) is 90.4 Å². The van der Waals surface area contributed by atoms with Crippen LogP contribution in [0.2, 0.25) is 0 Å². The van der Waals surface area contributed by atoms with Gasteiger partial charge in [-0.15, -0.1) is 0 Å². The van der Waals surface area contributed by atoms with Crippen molar-refractivity contribution in [2.75, 3.05) is 13.7 Å². The molecule has 42 heavy (non-hydrogen) atoms. The molecule has 0 radical (unpaired) electrons. The maximum Gasteiger partial charge on any atom is 0.272 e. The van der Waals surface area contributed by atoms with Gasteiger partial charge < -0.3 is 24.3 Å². The Morgan fingerprint density at radius 1 is 0.952 bits per heavy atom. The van der Waals surface area contributed by atoms with Crippen LogP contribution in [0.3, 0.4) is 0 Å². The van der Waals surface area contributed by atoms with Crippen molar-refractivity contribution in [3.8, 4) is 11.5 Å². The zero-order valence-corrected chi connectivity index (χ0v) is 24.5. The molecule has 218 valence electrons. The second-order valence-electron chi connectivity index (χ2n) is 11.4. The lowest BCUT2D eigenvalue weighted by molar-refractivity contribution is -0.136. The summed E-state index contributed by atoms with van der Waals surface area (Å²) in [5.74, 6) is 1.09. The van der Waals surface area contributed by atoms with Crippen molar-refractivity contribution in [2.24, 2.45) is 0 Å². The fraction of sp³-hybridized carbons (Fsp3) is 0.371. The maximum atomic E-state index is 14.9. The summed E-state index contributed by atoms with van der Waals surface area (Å²) in [5.41, 5.74) is 1.79. The van der Waals surface area contributed by atoms with Gasteiger partial charge in [0, 0.05) is 23.1 Å². The van der Waals surface area contributed by atoms with E-state index in [0.29, 0.717) is 18.1 Å². The van der Waals surface area contributed by atoms with Gasteiger partial charge in [0.1, 0.15) is 17.2 Å². The molecule has 7 heteroatoms. The number of hydrogen-bond donors (Lipinski definition) is 1. The molecular weight excluding hydrogens is 526 g/mol. The van der Waals surface area contributed by atoms with Gasteiger partial charge in [-0.1, -0.05) is 74.2 Å². The largest absolute Gasteiger partial charge is 0.497 e. The van der Waals surface area contributed by atoms with E-state index in [2.05, 4.69) is 5.32 Å². The average Bonchev–Trinajstić information content (AvgIpc) is 3.18. The molecule has 1 saturated carbocycles. The van der Waals surface area contributed by atoms with Crippen LogP contribution in [-0.2, 0) is 23.4 Å². The van der Waals surface area contributed by atoms with Gasteiger partial charge in [-0.05, 0) is 49.6 Å². The Kier molecular flexibility index (Phi) is 7.92. The normalized spacial score (nSPS) is 19.3. The smallest absolute Gasteiger partial charge is 0.272 e. The van der Waals surface area contributed by atoms with E-state index in [-0.39, 0.29) is 30.9 Å². The van der Waals surface area contributed by atoms with Gasteiger partial charge in [0.05, 0.1) is 32.3 Å². The molecular formula is C35H39N3O4. The SMILES string of the molecule is CCOc1ccccc1CN1C(=O)c2cc3ccc(OC)cc3n2C[C@@]1(C(=O)NC1CCCCCC1)c1ccccc1. The number of amides is 2. The molecule has 2 aliphatic rings. The molecule has 1 atom stereocenters. The zero-order valence-electron chi connectivity index (χ0n) is 24.5. The summed E-state index contributed by atoms with van der Waals surface area (Å²) in [6.07, 6.45) is 6.48. The number of methoxy groups -OCH3 is 1. The third-order valence-electron chi connectivity index (χ3n) is 8.84. The topological polar surface area (TPSA) is 72.8 Å². The van der Waals surface area contributed by atoms with Crippen molar-refractivity contribution in [3.05, 3.63) is 95.7 Å². The van der Waals surface area contributed by atoms with Crippen LogP contribution in [0.4, 0.5) is 0 Å². The van der Waals surface area contributed by atoms with Crippen molar-refractivity contribution in [3.63, 3.8) is 0 Å². The van der Waals surface area contributed by atoms with Gasteiger partial charge in [0.15, 0.2) is 5.54 Å². The van der Waals surface area contributed by atoms with E-state index in [1.165, 1.54) is 12.8 Å². The lowest BCUT2D eigenvalue weighted by Gasteiger charge is -2.47. The summed E-state index contributed by atoms with van der Waals surface area (Å²) < 4.78 is 13.5. The fourth-order valence-corrected chi connectivity index (χ4v) is 6.66. The summed E-state index contributed by atoms with van der Waals surface area (Å²) in [4.78, 5) is 31.4. The molecule has 2 heterocycles. The van der Waals surface area contributed by atoms with E-state index in [1.54, 1.807) is 12.0 Å². The first-order chi connectivity index (χ1) is 20.5. The first kappa shape index (κ1) is 27.9. The van der Waals surface area contributed by atoms with Crippen molar-refractivity contribution in [2.45, 2.75) is 70.1 Å². The first-order valence-electron chi connectivity index (χ1n) is 15.1. The van der Waals surface area contributed by atoms with E-state index < -0.39 is 5.54 Å². The number of aromatic nitrogens is 1. The Morgan fingerprint density at radius 3 is 2.43 bits per heavy atom. The Morgan fingerprint density at radius 2 is 1.69 bits per heavy atom. The molecule has 6 rings (SSSR count). The number of ether oxygens (including phenoxy) is 2. The molecule has 1 fully saturated rings. The van der Waals surface area contributed by atoms with Gasteiger partial charge in [-0.3, -0.25) is 9.59 Å². The predicted octanol–water partition coefficient (Wildman–Crippen LogP) is 6.44. The molecule has 0 spiro atoms. The Hall–Kier alpha value is -4.26. The molecule has 7 nitrogen and oxygen atoms in total. The fourth-order valence-electron chi connectivity index (χ4n) is 6.66. The third-order valence-corrected chi connectivity index (χ3v) is 8.84. The van der Waals surface area contributed by atoms with Gasteiger partial charge in [-0.25, -0.2) is 0 Å². The molecule has 1 aliphatic heterocycles. The van der Waals surface area contributed by atoms with Crippen LogP contribution in [0.25, 0.3) is 10.9 Å². The number of carbonyl (C=O) groups is 2. The van der Waals surface area contributed by atoms with Crippen LogP contribution >= 0.6 is 0 Å². The second kappa shape index (κ2) is 11.9. The number of nitrogens with one attached hydrogen (secondary N) is 1. The Bertz CT molecular complexity index is 1570. The summed E-state index contributed by atoms with van der Waals surface area (Å²) >= 11 is 0. The Labute approximate surface area is 247 Å². The number of carbonyl (C=O) groups excluding carboxylic acids is 2. The monoisotopic (exact) mass is 565 g/mol. The minimum Gasteiger partial charge on any atom is -0.497 e. The summed E-state index contributed by atoms with van der Waals surface area (Å²) in [6.45, 7) is 2.97. The number of hydrogen-bond acceptors (Lipinski definition) is 4. The second-order valence-corrected chi connectivity index (χ2v) is 11.4. The third kappa shape index (κ3) is 5.02. The zero-order chi connectivity index (χ0) is 29.1. The van der Waals surface area contributed by atoms with E-state index in [4.69, 9.17) is 9.47 Å². The molecule has 4 aromatic rings. The summed E-state index contributed by atoms with van der Waals surface area (Å²) in [5, 5.41) is 4.37. The number of fused-ring (bicyclic) bond motifs is 3. The standard InChI is InChI=1S/C35H39N3O4/c1-3-42-32-18-12-11-13-26(32)23-38-33(39)31-21-25-19-20-29(41-2)22-30(25)37(31)24-35(38,27-14-7-6-8-15-27)34(40)36-28-16-9-4-5-10-17-28/h6-8,11-15,18-22,28H,3-5,9-10,16-17,23-24H2,1-2H3,(H,36,40)/t35-/m0/s1.